The van der Waals surface area contributed by atoms with Gasteiger partial charge in [-0.05, 0) is 12.1 Å². The third-order valence-electron chi connectivity index (χ3n) is 4.06. The van der Waals surface area contributed by atoms with Crippen LogP contribution in [0.3, 0.4) is 0 Å². The molecule has 2 unspecified atom stereocenters. The minimum Gasteiger partial charge on any atom is -0.438 e. The van der Waals surface area contributed by atoms with Crippen molar-refractivity contribution in [2.45, 2.75) is 16.4 Å². The van der Waals surface area contributed by atoms with Crippen LogP contribution in [0.4, 0.5) is 0 Å². The maximum Gasteiger partial charge on any atom is 0.317 e. The van der Waals surface area contributed by atoms with Gasteiger partial charge in [0.05, 0.1) is 5.03 Å². The second-order valence-corrected chi connectivity index (χ2v) is 7.87. The topological polar surface area (TPSA) is 94.7 Å². The predicted octanol–water partition coefficient (Wildman–Crippen LogP) is 0.550. The van der Waals surface area contributed by atoms with Gasteiger partial charge < -0.3 is 20.1 Å². The molecule has 1 amide bonds. The quantitative estimate of drug-likeness (QED) is 0.336. The van der Waals surface area contributed by atoms with Gasteiger partial charge in [0.15, 0.2) is 6.79 Å². The minimum absolute atomic E-state index is 0.0410. The van der Waals surface area contributed by atoms with E-state index in [4.69, 9.17) is 15.2 Å². The Kier molecular flexibility index (Phi) is 5.33. The zero-order chi connectivity index (χ0) is 17.2. The molecular weight excluding hydrogens is 350 g/mol. The van der Waals surface area contributed by atoms with Crippen molar-refractivity contribution in [3.63, 3.8) is 0 Å². The summed E-state index contributed by atoms with van der Waals surface area (Å²) in [6.45, 7) is 0.218. The number of nitrogens with zero attached hydrogens (tertiary/aromatic N) is 2. The molecule has 3 rings (SSSR count). The van der Waals surface area contributed by atoms with Gasteiger partial charge in [0.25, 0.3) is 0 Å². The molecule has 0 radical (unpaired) electrons. The monoisotopic (exact) mass is 369 g/mol. The van der Waals surface area contributed by atoms with Crippen molar-refractivity contribution in [3.8, 4) is 0 Å². The van der Waals surface area contributed by atoms with Crippen molar-refractivity contribution in [2.24, 2.45) is 11.1 Å². The van der Waals surface area contributed by atoms with Gasteiger partial charge in [-0.2, -0.15) is 0 Å². The number of β-lactam (4-membered cyclic amide) rings is 1. The van der Waals surface area contributed by atoms with E-state index in [1.54, 1.807) is 11.1 Å². The molecule has 3 heterocycles. The lowest BCUT2D eigenvalue weighted by atomic mass is 9.89. The van der Waals surface area contributed by atoms with Crippen molar-refractivity contribution in [3.05, 3.63) is 24.4 Å². The fraction of sp³-hybridized carbons (Fsp3) is 0.533. The first-order chi connectivity index (χ1) is 11.6. The first-order valence-electron chi connectivity index (χ1n) is 7.45. The fourth-order valence-corrected chi connectivity index (χ4v) is 5.37. The number of ether oxygens (including phenoxy) is 2. The number of hydrogen-bond acceptors (Lipinski definition) is 8. The fourth-order valence-electron chi connectivity index (χ4n) is 2.71. The highest BCUT2D eigenvalue weighted by Crippen LogP contribution is 2.44. The van der Waals surface area contributed by atoms with Gasteiger partial charge in [0, 0.05) is 31.4 Å². The number of aromatic nitrogens is 1. The molecule has 7 nitrogen and oxygen atoms in total. The summed E-state index contributed by atoms with van der Waals surface area (Å²) >= 11 is 3.02. The molecule has 9 heteroatoms. The van der Waals surface area contributed by atoms with Crippen LogP contribution in [-0.2, 0) is 19.1 Å². The second-order valence-electron chi connectivity index (χ2n) is 5.77. The third kappa shape index (κ3) is 3.26. The molecule has 0 bridgehead atoms. The standard InChI is InChI=1S/C15H19N3O4S2/c1-21-9-22-14(20)15(7-23-10-4-2-3-5-17-10)6-18-12(19)11(16)13(18)24-8-15/h2-5,11,13H,6-9,16H2,1H3/t11?,13-,15?/m1/s1. The Labute approximate surface area is 148 Å². The highest BCUT2D eigenvalue weighted by molar-refractivity contribution is 8.00. The smallest absolute Gasteiger partial charge is 0.317 e. The van der Waals surface area contributed by atoms with Crippen LogP contribution >= 0.6 is 23.5 Å². The number of esters is 1. The molecule has 2 aliphatic heterocycles. The van der Waals surface area contributed by atoms with Gasteiger partial charge >= 0.3 is 5.97 Å². The van der Waals surface area contributed by atoms with Crippen molar-refractivity contribution >= 4 is 35.4 Å². The van der Waals surface area contributed by atoms with Crippen LogP contribution < -0.4 is 5.73 Å². The van der Waals surface area contributed by atoms with E-state index in [0.29, 0.717) is 18.1 Å². The number of thioether (sulfide) groups is 2. The molecular formula is C15H19N3O4S2. The summed E-state index contributed by atoms with van der Waals surface area (Å²) in [5.74, 6) is 0.564. The second kappa shape index (κ2) is 7.30. The van der Waals surface area contributed by atoms with Crippen LogP contribution in [0.1, 0.15) is 0 Å². The van der Waals surface area contributed by atoms with Gasteiger partial charge in [0.1, 0.15) is 16.8 Å². The number of carbonyl (C=O) groups is 2. The Morgan fingerprint density at radius 1 is 1.58 bits per heavy atom. The summed E-state index contributed by atoms with van der Waals surface area (Å²) in [6.07, 6.45) is 1.71. The third-order valence-corrected chi connectivity index (χ3v) is 6.90. The molecule has 2 saturated heterocycles. The molecule has 3 atom stereocenters. The van der Waals surface area contributed by atoms with Crippen LogP contribution in [0, 0.1) is 5.41 Å². The van der Waals surface area contributed by atoms with E-state index >= 15 is 0 Å². The maximum absolute atomic E-state index is 12.6. The zero-order valence-corrected chi connectivity index (χ0v) is 14.8. The summed E-state index contributed by atoms with van der Waals surface area (Å²) in [6, 6.07) is 5.16. The molecule has 0 spiro atoms. The molecule has 2 fully saturated rings. The van der Waals surface area contributed by atoms with E-state index in [-0.39, 0.29) is 24.0 Å². The Morgan fingerprint density at radius 2 is 2.42 bits per heavy atom. The molecule has 0 aromatic carbocycles. The van der Waals surface area contributed by atoms with Gasteiger partial charge in [-0.25, -0.2) is 4.98 Å². The molecule has 0 saturated carbocycles. The first-order valence-corrected chi connectivity index (χ1v) is 9.48. The highest BCUT2D eigenvalue weighted by Gasteiger charge is 2.56. The normalized spacial score (nSPS) is 28.9. The number of nitrogens with two attached hydrogens (primary N) is 1. The van der Waals surface area contributed by atoms with Crippen LogP contribution in [0.25, 0.3) is 0 Å². The van der Waals surface area contributed by atoms with E-state index in [1.165, 1.54) is 30.6 Å². The Balaban J connectivity index is 1.74. The number of methoxy groups -OCH3 is 1. The Hall–Kier alpha value is -1.29. The van der Waals surface area contributed by atoms with Gasteiger partial charge in [0.2, 0.25) is 5.91 Å². The van der Waals surface area contributed by atoms with Crippen molar-refractivity contribution in [2.75, 3.05) is 32.0 Å². The van der Waals surface area contributed by atoms with E-state index in [9.17, 15) is 9.59 Å². The minimum atomic E-state index is -0.794. The summed E-state index contributed by atoms with van der Waals surface area (Å²) in [5.41, 5.74) is 5.03. The summed E-state index contributed by atoms with van der Waals surface area (Å²) < 4.78 is 10.1. The predicted molar refractivity (Wildman–Crippen MR) is 91.3 cm³/mol. The largest absolute Gasteiger partial charge is 0.438 e. The summed E-state index contributed by atoms with van der Waals surface area (Å²) in [4.78, 5) is 30.6. The van der Waals surface area contributed by atoms with E-state index in [2.05, 4.69) is 4.98 Å². The lowest BCUT2D eigenvalue weighted by Gasteiger charge is -2.53. The highest BCUT2D eigenvalue weighted by atomic mass is 32.2. The number of fused-ring (bicyclic) bond motifs is 1. The van der Waals surface area contributed by atoms with E-state index in [1.807, 2.05) is 18.2 Å². The number of rotatable bonds is 6. The average molecular weight is 369 g/mol. The van der Waals surface area contributed by atoms with Crippen LogP contribution in [0.5, 0.6) is 0 Å². The lowest BCUT2D eigenvalue weighted by Crippen LogP contribution is -2.72. The van der Waals surface area contributed by atoms with E-state index < -0.39 is 11.5 Å². The van der Waals surface area contributed by atoms with Gasteiger partial charge in [-0.3, -0.25) is 9.59 Å². The number of hydrogen-bond donors (Lipinski definition) is 1. The molecule has 24 heavy (non-hydrogen) atoms. The Morgan fingerprint density at radius 3 is 3.12 bits per heavy atom. The van der Waals surface area contributed by atoms with Crippen molar-refractivity contribution < 1.29 is 19.1 Å². The van der Waals surface area contributed by atoms with Crippen LogP contribution in [0.15, 0.2) is 29.4 Å². The number of pyridine rings is 1. The van der Waals surface area contributed by atoms with E-state index in [0.717, 1.165) is 5.03 Å². The zero-order valence-electron chi connectivity index (χ0n) is 13.2. The lowest BCUT2D eigenvalue weighted by molar-refractivity contribution is -0.168. The molecule has 2 N–H and O–H groups in total. The van der Waals surface area contributed by atoms with Crippen LogP contribution in [0.2, 0.25) is 0 Å². The number of amides is 1. The molecule has 130 valence electrons. The number of carbonyl (C=O) groups excluding carboxylic acids is 2. The SMILES string of the molecule is COCOC(=O)C1(CSc2ccccn2)CS[C@@H]2C(N)C(=O)N2C1. The molecule has 2 aliphatic rings. The molecule has 1 aromatic heterocycles. The van der Waals surface area contributed by atoms with Gasteiger partial charge in [-0.15, -0.1) is 23.5 Å². The van der Waals surface area contributed by atoms with Crippen LogP contribution in [-0.4, -0.2) is 65.1 Å². The summed E-state index contributed by atoms with van der Waals surface area (Å²) in [7, 11) is 1.46. The molecule has 0 aliphatic carbocycles. The van der Waals surface area contributed by atoms with Gasteiger partial charge in [-0.1, -0.05) is 6.07 Å². The first kappa shape index (κ1) is 17.5. The molecule has 1 aromatic rings. The average Bonchev–Trinajstić information content (AvgIpc) is 2.64. The summed E-state index contributed by atoms with van der Waals surface area (Å²) in [5, 5.41) is 0.788. The van der Waals surface area contributed by atoms with Crippen molar-refractivity contribution in [1.29, 1.82) is 0 Å². The Bertz CT molecular complexity index is 618. The maximum atomic E-state index is 12.6. The van der Waals surface area contributed by atoms with Crippen molar-refractivity contribution in [1.82, 2.24) is 9.88 Å².